The van der Waals surface area contributed by atoms with Crippen LogP contribution in [0, 0.1) is 0 Å². The van der Waals surface area contributed by atoms with Crippen LogP contribution in [0.25, 0.3) is 0 Å². The molecule has 4 saturated heterocycles. The molecule has 4 aliphatic heterocycles. The molecule has 0 radical (unpaired) electrons. The lowest BCUT2D eigenvalue weighted by Gasteiger charge is -2.60. The van der Waals surface area contributed by atoms with Gasteiger partial charge in [0.05, 0.1) is 5.56 Å². The molecule has 7 rings (SSSR count). The number of hydrogen-bond acceptors (Lipinski definition) is 2. The van der Waals surface area contributed by atoms with E-state index in [-0.39, 0.29) is 0 Å². The molecule has 3 aromatic rings. The van der Waals surface area contributed by atoms with E-state index in [4.69, 9.17) is 0 Å². The van der Waals surface area contributed by atoms with Crippen LogP contribution in [0.2, 0.25) is 0 Å². The van der Waals surface area contributed by atoms with Crippen LogP contribution in [-0.2, 0) is 15.6 Å². The predicted molar refractivity (Wildman–Crippen MR) is 110 cm³/mol. The normalized spacial score (nSPS) is 35.0. The average Bonchev–Trinajstić information content (AvgIpc) is 2.78. The number of pyridine rings is 1. The van der Waals surface area contributed by atoms with Gasteiger partial charge in [0.2, 0.25) is 6.17 Å². The van der Waals surface area contributed by atoms with Crippen LogP contribution in [0.1, 0.15) is 22.9 Å². The Morgan fingerprint density at radius 3 is 1.69 bits per heavy atom. The fourth-order valence-electron chi connectivity index (χ4n) is 6.48. The van der Waals surface area contributed by atoms with Crippen LogP contribution in [-0.4, -0.2) is 36.9 Å². The Labute approximate surface area is 170 Å². The number of rotatable bonds is 3. The first-order valence-electron chi connectivity index (χ1n) is 10.5. The molecule has 2 aromatic carbocycles. The van der Waals surface area contributed by atoms with Crippen LogP contribution < -0.4 is 9.80 Å². The van der Waals surface area contributed by atoms with Gasteiger partial charge in [-0.05, 0) is 23.3 Å². The summed E-state index contributed by atoms with van der Waals surface area (Å²) in [5.41, 5.74) is 2.84. The van der Waals surface area contributed by atoms with Crippen molar-refractivity contribution in [3.63, 3.8) is 0 Å². The summed E-state index contributed by atoms with van der Waals surface area (Å²) in [6, 6.07) is 25.2. The summed E-state index contributed by atoms with van der Waals surface area (Å²) in [6.45, 7) is 3.47. The lowest BCUT2D eigenvalue weighted by Crippen LogP contribution is -3.42. The van der Waals surface area contributed by atoms with E-state index in [1.165, 1.54) is 26.5 Å². The smallest absolute Gasteiger partial charge is 0.241 e. The summed E-state index contributed by atoms with van der Waals surface area (Å²) < 4.78 is 0. The quantitative estimate of drug-likeness (QED) is 0.685. The summed E-state index contributed by atoms with van der Waals surface area (Å²) in [6.07, 6.45) is 4.21. The summed E-state index contributed by atoms with van der Waals surface area (Å²) in [5, 5.41) is 0. The molecule has 0 saturated carbocycles. The van der Waals surface area contributed by atoms with E-state index in [1.54, 1.807) is 0 Å². The van der Waals surface area contributed by atoms with Gasteiger partial charge in [-0.2, -0.15) is 0 Å². The second-order valence-corrected chi connectivity index (χ2v) is 8.97. The number of aromatic nitrogens is 1. The Kier molecular flexibility index (Phi) is 3.58. The maximum Gasteiger partial charge on any atom is 0.241 e. The van der Waals surface area contributed by atoms with Crippen LogP contribution >= 0.6 is 0 Å². The van der Waals surface area contributed by atoms with Crippen molar-refractivity contribution < 1.29 is 14.6 Å². The third-order valence-corrected chi connectivity index (χ3v) is 7.47. The Hall–Kier alpha value is -2.82. The number of carbonyl (C=O) groups is 1. The molecule has 29 heavy (non-hydrogen) atoms. The fourth-order valence-corrected chi connectivity index (χ4v) is 6.48. The SMILES string of the molecule is O=C1C2(c3ccccc3)C[NH+]3CC1(c1ccccc1)C[NH+](C2)C3c1cccnc1. The number of piperidine rings is 2. The highest BCUT2D eigenvalue weighted by Gasteiger charge is 2.72. The van der Waals surface area contributed by atoms with E-state index in [2.05, 4.69) is 59.6 Å². The molecule has 144 valence electrons. The van der Waals surface area contributed by atoms with Gasteiger partial charge in [-0.1, -0.05) is 60.7 Å². The zero-order valence-electron chi connectivity index (χ0n) is 16.3. The van der Waals surface area contributed by atoms with Crippen LogP contribution in [0.5, 0.6) is 0 Å². The van der Waals surface area contributed by atoms with Crippen LogP contribution in [0.4, 0.5) is 0 Å². The number of nitrogens with one attached hydrogen (secondary N) is 2. The highest BCUT2D eigenvalue weighted by atomic mass is 16.1. The first-order valence-corrected chi connectivity index (χ1v) is 10.5. The molecule has 4 bridgehead atoms. The van der Waals surface area contributed by atoms with Gasteiger partial charge in [0, 0.05) is 12.4 Å². The predicted octanol–water partition coefficient (Wildman–Crippen LogP) is 0.336. The van der Waals surface area contributed by atoms with Gasteiger partial charge in [0.1, 0.15) is 26.2 Å². The summed E-state index contributed by atoms with van der Waals surface area (Å²) >= 11 is 0. The lowest BCUT2D eigenvalue weighted by atomic mass is 9.56. The summed E-state index contributed by atoms with van der Waals surface area (Å²) in [4.78, 5) is 21.6. The van der Waals surface area contributed by atoms with Crippen LogP contribution in [0.3, 0.4) is 0 Å². The van der Waals surface area contributed by atoms with Gasteiger partial charge in [0.25, 0.3) is 0 Å². The minimum absolute atomic E-state index is 0.352. The summed E-state index contributed by atoms with van der Waals surface area (Å²) in [7, 11) is 0. The van der Waals surface area contributed by atoms with Gasteiger partial charge in [0.15, 0.2) is 16.6 Å². The third-order valence-electron chi connectivity index (χ3n) is 7.47. The van der Waals surface area contributed by atoms with Gasteiger partial charge in [-0.25, -0.2) is 0 Å². The van der Waals surface area contributed by atoms with Crippen LogP contribution in [0.15, 0.2) is 85.2 Å². The van der Waals surface area contributed by atoms with Crippen molar-refractivity contribution in [2.75, 3.05) is 26.2 Å². The van der Waals surface area contributed by atoms with Gasteiger partial charge >= 0.3 is 0 Å². The topological polar surface area (TPSA) is 38.8 Å². The minimum atomic E-state index is -0.406. The molecule has 2 N–H and O–H groups in total. The Balaban J connectivity index is 1.53. The molecule has 4 fully saturated rings. The van der Waals surface area contributed by atoms with E-state index in [9.17, 15) is 4.79 Å². The largest absolute Gasteiger partial charge is 0.297 e. The Bertz CT molecular complexity index is 974. The standard InChI is InChI=1S/C25H23N3O/c29-23-24(20-9-3-1-4-10-20)15-27-17-25(23,21-11-5-2-6-12-21)18-28(16-24)22(27)19-8-7-13-26-14-19/h1-14,22H,15-18H2/p+2. The Morgan fingerprint density at radius 2 is 1.24 bits per heavy atom. The van der Waals surface area contributed by atoms with E-state index >= 15 is 0 Å². The molecule has 0 atom stereocenters. The lowest BCUT2D eigenvalue weighted by molar-refractivity contribution is -1.17. The second kappa shape index (κ2) is 6.09. The molecule has 0 amide bonds. The highest BCUT2D eigenvalue weighted by molar-refractivity contribution is 6.00. The van der Waals surface area contributed by atoms with Gasteiger partial charge in [-0.15, -0.1) is 0 Å². The molecule has 4 heteroatoms. The average molecular weight is 383 g/mol. The minimum Gasteiger partial charge on any atom is -0.297 e. The number of benzene rings is 2. The van der Waals surface area contributed by atoms with Crippen molar-refractivity contribution in [3.8, 4) is 0 Å². The maximum absolute atomic E-state index is 14.2. The van der Waals surface area contributed by atoms with E-state index in [1.807, 2.05) is 30.6 Å². The van der Waals surface area contributed by atoms with Crippen molar-refractivity contribution in [2.24, 2.45) is 0 Å². The second-order valence-electron chi connectivity index (χ2n) is 8.97. The highest BCUT2D eigenvalue weighted by Crippen LogP contribution is 2.41. The van der Waals surface area contributed by atoms with E-state index in [0.29, 0.717) is 11.9 Å². The molecular formula is C25H25N3O+2. The number of hydrogen-bond donors (Lipinski definition) is 2. The van der Waals surface area contributed by atoms with Gasteiger partial charge in [-0.3, -0.25) is 19.6 Å². The molecule has 5 heterocycles. The van der Waals surface area contributed by atoms with E-state index in [0.717, 1.165) is 26.2 Å². The van der Waals surface area contributed by atoms with Crippen molar-refractivity contribution >= 4 is 5.78 Å². The van der Waals surface area contributed by atoms with E-state index < -0.39 is 10.8 Å². The number of Topliss-reactive ketones (excluding diaryl/α,β-unsaturated/α-hetero) is 1. The maximum atomic E-state index is 14.2. The zero-order valence-corrected chi connectivity index (χ0v) is 16.3. The monoisotopic (exact) mass is 383 g/mol. The molecule has 4 nitrogen and oxygen atoms in total. The summed E-state index contributed by atoms with van der Waals surface area (Å²) in [5.74, 6) is 0.430. The fraction of sp³-hybridized carbons (Fsp3) is 0.280. The molecule has 0 spiro atoms. The van der Waals surface area contributed by atoms with Crippen molar-refractivity contribution in [1.29, 1.82) is 0 Å². The third kappa shape index (κ3) is 2.27. The van der Waals surface area contributed by atoms with Crippen molar-refractivity contribution in [2.45, 2.75) is 17.0 Å². The molecule has 0 aliphatic carbocycles. The number of quaternary nitrogens is 2. The zero-order chi connectivity index (χ0) is 19.5. The molecule has 0 unspecified atom stereocenters. The number of carbonyl (C=O) groups excluding carboxylic acids is 1. The van der Waals surface area contributed by atoms with Crippen molar-refractivity contribution in [3.05, 3.63) is 102 Å². The Morgan fingerprint density at radius 1 is 0.724 bits per heavy atom. The van der Waals surface area contributed by atoms with Crippen molar-refractivity contribution in [1.82, 2.24) is 4.98 Å². The van der Waals surface area contributed by atoms with Gasteiger partial charge < -0.3 is 0 Å². The molecule has 1 aromatic heterocycles. The number of ketones is 1. The first-order chi connectivity index (χ1) is 14.2. The molecular weight excluding hydrogens is 358 g/mol. The molecule has 4 aliphatic rings. The first kappa shape index (κ1) is 17.1. The number of nitrogens with zero attached hydrogens (tertiary/aromatic N) is 1.